The van der Waals surface area contributed by atoms with Gasteiger partial charge in [0.15, 0.2) is 0 Å². The minimum Gasteiger partial charge on any atom is -0.383 e. The molecule has 0 aliphatic rings. The lowest BCUT2D eigenvalue weighted by Gasteiger charge is -2.25. The van der Waals surface area contributed by atoms with E-state index >= 15 is 0 Å². The van der Waals surface area contributed by atoms with Crippen LogP contribution in [0.3, 0.4) is 0 Å². The number of anilines is 1. The molecule has 0 aliphatic carbocycles. The third kappa shape index (κ3) is 4.59. The highest BCUT2D eigenvalue weighted by Crippen LogP contribution is 2.27. The van der Waals surface area contributed by atoms with Gasteiger partial charge in [0.1, 0.15) is 0 Å². The zero-order chi connectivity index (χ0) is 13.5. The van der Waals surface area contributed by atoms with E-state index in [2.05, 4.69) is 65.2 Å². The molecule has 0 unspecified atom stereocenters. The summed E-state index contributed by atoms with van der Waals surface area (Å²) in [6.45, 7) is 6.87. The number of hydrogen-bond donors (Lipinski definition) is 1. The maximum atomic E-state index is 5.00. The van der Waals surface area contributed by atoms with Crippen LogP contribution in [0.2, 0.25) is 0 Å². The molecule has 0 saturated heterocycles. The van der Waals surface area contributed by atoms with Crippen LogP contribution in [-0.4, -0.2) is 33.4 Å². The van der Waals surface area contributed by atoms with Crippen molar-refractivity contribution in [2.75, 3.05) is 32.2 Å². The highest BCUT2D eigenvalue weighted by atomic mass is 79.9. The molecular formula is C14H23BrN2O. The van der Waals surface area contributed by atoms with Gasteiger partial charge in [0, 0.05) is 37.8 Å². The average molecular weight is 315 g/mol. The van der Waals surface area contributed by atoms with Gasteiger partial charge in [0.2, 0.25) is 0 Å². The average Bonchev–Trinajstić information content (AvgIpc) is 2.34. The van der Waals surface area contributed by atoms with E-state index in [1.165, 1.54) is 11.3 Å². The molecule has 0 radical (unpaired) electrons. The second-order valence-corrected chi connectivity index (χ2v) is 5.51. The Morgan fingerprint density at radius 3 is 2.67 bits per heavy atom. The Labute approximate surface area is 119 Å². The molecule has 1 N–H and O–H groups in total. The highest BCUT2D eigenvalue weighted by Gasteiger charge is 2.09. The van der Waals surface area contributed by atoms with Crippen molar-refractivity contribution in [1.82, 2.24) is 5.32 Å². The van der Waals surface area contributed by atoms with Gasteiger partial charge in [-0.2, -0.15) is 0 Å². The van der Waals surface area contributed by atoms with Crippen molar-refractivity contribution >= 4 is 21.6 Å². The fourth-order valence-corrected chi connectivity index (χ4v) is 2.34. The molecule has 0 fully saturated rings. The summed E-state index contributed by atoms with van der Waals surface area (Å²) < 4.78 is 6.15. The molecule has 0 saturated carbocycles. The van der Waals surface area contributed by atoms with E-state index in [0.29, 0.717) is 6.04 Å². The standard InChI is InChI=1S/C14H23BrN2O/c1-11(2)17(3)14-6-5-12(9-13(14)15)10-16-7-8-18-4/h5-6,9,11,16H,7-8,10H2,1-4H3. The molecule has 102 valence electrons. The van der Waals surface area contributed by atoms with E-state index < -0.39 is 0 Å². The van der Waals surface area contributed by atoms with Crippen LogP contribution in [0.5, 0.6) is 0 Å². The first-order chi connectivity index (χ1) is 8.56. The maximum absolute atomic E-state index is 5.00. The lowest BCUT2D eigenvalue weighted by molar-refractivity contribution is 0.199. The fourth-order valence-electron chi connectivity index (χ4n) is 1.63. The van der Waals surface area contributed by atoms with Gasteiger partial charge in [-0.25, -0.2) is 0 Å². The number of rotatable bonds is 7. The van der Waals surface area contributed by atoms with E-state index in [1.807, 2.05) is 0 Å². The van der Waals surface area contributed by atoms with Crippen molar-refractivity contribution in [3.63, 3.8) is 0 Å². The quantitative estimate of drug-likeness (QED) is 0.783. The first-order valence-electron chi connectivity index (χ1n) is 6.27. The van der Waals surface area contributed by atoms with E-state index in [9.17, 15) is 0 Å². The molecule has 1 aromatic carbocycles. The van der Waals surface area contributed by atoms with Crippen molar-refractivity contribution in [1.29, 1.82) is 0 Å². The van der Waals surface area contributed by atoms with Crippen LogP contribution in [-0.2, 0) is 11.3 Å². The van der Waals surface area contributed by atoms with Crippen LogP contribution < -0.4 is 10.2 Å². The molecular weight excluding hydrogens is 292 g/mol. The minimum absolute atomic E-state index is 0.493. The van der Waals surface area contributed by atoms with Crippen LogP contribution >= 0.6 is 15.9 Å². The van der Waals surface area contributed by atoms with E-state index in [-0.39, 0.29) is 0 Å². The molecule has 0 bridgehead atoms. The smallest absolute Gasteiger partial charge is 0.0587 e. The largest absolute Gasteiger partial charge is 0.383 e. The van der Waals surface area contributed by atoms with Gasteiger partial charge in [0.25, 0.3) is 0 Å². The van der Waals surface area contributed by atoms with E-state index in [0.717, 1.165) is 24.2 Å². The predicted octanol–water partition coefficient (Wildman–Crippen LogP) is 3.03. The molecule has 0 atom stereocenters. The molecule has 0 heterocycles. The Hall–Kier alpha value is -0.580. The lowest BCUT2D eigenvalue weighted by atomic mass is 10.2. The first kappa shape index (κ1) is 15.5. The third-order valence-corrected chi connectivity index (χ3v) is 3.61. The molecule has 0 amide bonds. The number of methoxy groups -OCH3 is 1. The van der Waals surface area contributed by atoms with Gasteiger partial charge >= 0.3 is 0 Å². The summed E-state index contributed by atoms with van der Waals surface area (Å²) in [7, 11) is 3.83. The number of halogens is 1. The molecule has 1 aromatic rings. The number of nitrogens with one attached hydrogen (secondary N) is 1. The van der Waals surface area contributed by atoms with Crippen LogP contribution in [0, 0.1) is 0 Å². The number of ether oxygens (including phenoxy) is 1. The summed E-state index contributed by atoms with van der Waals surface area (Å²) in [5.74, 6) is 0. The molecule has 0 aromatic heterocycles. The Bertz CT molecular complexity index is 369. The lowest BCUT2D eigenvalue weighted by Crippen LogP contribution is -2.26. The summed E-state index contributed by atoms with van der Waals surface area (Å²) in [5.41, 5.74) is 2.50. The summed E-state index contributed by atoms with van der Waals surface area (Å²) in [6.07, 6.45) is 0. The SMILES string of the molecule is COCCNCc1ccc(N(C)C(C)C)c(Br)c1. The van der Waals surface area contributed by atoms with E-state index in [4.69, 9.17) is 4.74 Å². The van der Waals surface area contributed by atoms with Gasteiger partial charge in [0.05, 0.1) is 12.3 Å². The first-order valence-corrected chi connectivity index (χ1v) is 7.06. The summed E-state index contributed by atoms with van der Waals surface area (Å²) in [4.78, 5) is 2.26. The zero-order valence-electron chi connectivity index (χ0n) is 11.7. The summed E-state index contributed by atoms with van der Waals surface area (Å²) in [6, 6.07) is 7.00. The van der Waals surface area contributed by atoms with Crippen molar-refractivity contribution in [3.8, 4) is 0 Å². The third-order valence-electron chi connectivity index (χ3n) is 2.98. The summed E-state index contributed by atoms with van der Waals surface area (Å²) in [5, 5.41) is 3.34. The maximum Gasteiger partial charge on any atom is 0.0587 e. The molecule has 4 heteroatoms. The highest BCUT2D eigenvalue weighted by molar-refractivity contribution is 9.10. The molecule has 0 spiro atoms. The number of nitrogens with zero attached hydrogens (tertiary/aromatic N) is 1. The molecule has 18 heavy (non-hydrogen) atoms. The molecule has 1 rings (SSSR count). The second-order valence-electron chi connectivity index (χ2n) is 4.66. The topological polar surface area (TPSA) is 24.5 Å². The second kappa shape index (κ2) is 7.77. The Morgan fingerprint density at radius 1 is 1.39 bits per heavy atom. The van der Waals surface area contributed by atoms with Gasteiger partial charge in [-0.15, -0.1) is 0 Å². The van der Waals surface area contributed by atoms with Gasteiger partial charge in [-0.05, 0) is 47.5 Å². The van der Waals surface area contributed by atoms with Crippen molar-refractivity contribution in [2.24, 2.45) is 0 Å². The number of benzene rings is 1. The van der Waals surface area contributed by atoms with Crippen LogP contribution in [0.1, 0.15) is 19.4 Å². The molecule has 3 nitrogen and oxygen atoms in total. The molecule has 0 aliphatic heterocycles. The monoisotopic (exact) mass is 314 g/mol. The number of hydrogen-bond acceptors (Lipinski definition) is 3. The van der Waals surface area contributed by atoms with Gasteiger partial charge in [-0.1, -0.05) is 6.07 Å². The Morgan fingerprint density at radius 2 is 2.11 bits per heavy atom. The zero-order valence-corrected chi connectivity index (χ0v) is 13.3. The van der Waals surface area contributed by atoms with Crippen LogP contribution in [0.25, 0.3) is 0 Å². The Balaban J connectivity index is 2.62. The fraction of sp³-hybridized carbons (Fsp3) is 0.571. The van der Waals surface area contributed by atoms with Crippen LogP contribution in [0.4, 0.5) is 5.69 Å². The summed E-state index contributed by atoms with van der Waals surface area (Å²) >= 11 is 3.64. The Kier molecular flexibility index (Phi) is 6.68. The van der Waals surface area contributed by atoms with E-state index in [1.54, 1.807) is 7.11 Å². The van der Waals surface area contributed by atoms with Crippen LogP contribution in [0.15, 0.2) is 22.7 Å². The van der Waals surface area contributed by atoms with Gasteiger partial charge < -0.3 is 15.0 Å². The minimum atomic E-state index is 0.493. The van der Waals surface area contributed by atoms with Crippen molar-refractivity contribution < 1.29 is 4.74 Å². The predicted molar refractivity (Wildman–Crippen MR) is 81.3 cm³/mol. The van der Waals surface area contributed by atoms with Crippen molar-refractivity contribution in [3.05, 3.63) is 28.2 Å². The van der Waals surface area contributed by atoms with Gasteiger partial charge in [-0.3, -0.25) is 0 Å². The normalized spacial score (nSPS) is 11.0. The van der Waals surface area contributed by atoms with Crippen molar-refractivity contribution in [2.45, 2.75) is 26.4 Å².